The van der Waals surface area contributed by atoms with E-state index in [-0.39, 0.29) is 30.9 Å². The summed E-state index contributed by atoms with van der Waals surface area (Å²) in [6, 6.07) is 9.15. The smallest absolute Gasteiger partial charge is 0.383 e. The lowest BCUT2D eigenvalue weighted by Crippen LogP contribution is -2.59. The highest BCUT2D eigenvalue weighted by atomic mass is 35.5. The maximum absolute atomic E-state index is 14.1. The molecule has 1 unspecified atom stereocenters. The van der Waals surface area contributed by atoms with E-state index in [9.17, 15) is 22.8 Å². The van der Waals surface area contributed by atoms with Crippen LogP contribution in [0.25, 0.3) is 0 Å². The van der Waals surface area contributed by atoms with Gasteiger partial charge in [-0.05, 0) is 54.4 Å². The van der Waals surface area contributed by atoms with E-state index in [2.05, 4.69) is 20.6 Å². The number of rotatable bonds is 11. The molecule has 50 heavy (non-hydrogen) atoms. The molecule has 3 amide bonds. The highest BCUT2D eigenvalue weighted by Gasteiger charge is 2.34. The molecular weight excluding hydrogens is 696 g/mol. The zero-order valence-electron chi connectivity index (χ0n) is 27.9. The summed E-state index contributed by atoms with van der Waals surface area (Å²) in [6.45, 7) is 5.83. The quantitative estimate of drug-likeness (QED) is 0.292. The number of hydrogen-bond acceptors (Lipinski definition) is 8. The molecule has 0 bridgehead atoms. The SMILES string of the molecule is COCC(C)NCc1cc(C(F)(F)F)ccc1N1CCN(C(=O)[C@@H](Cc2ccc(Cl)cc2Cl)NC(=O)N2CCN(c3ncccn3)CC2)CC1. The largest absolute Gasteiger partial charge is 0.416 e. The predicted molar refractivity (Wildman–Crippen MR) is 187 cm³/mol. The van der Waals surface area contributed by atoms with Gasteiger partial charge in [0.15, 0.2) is 0 Å². The third-order valence-electron chi connectivity index (χ3n) is 8.83. The van der Waals surface area contributed by atoms with Gasteiger partial charge in [0.2, 0.25) is 11.9 Å². The molecular formula is C34H41Cl2F3N8O3. The van der Waals surface area contributed by atoms with Crippen molar-refractivity contribution in [2.24, 2.45) is 0 Å². The van der Waals surface area contributed by atoms with Gasteiger partial charge in [0.05, 0.1) is 12.2 Å². The van der Waals surface area contributed by atoms with E-state index in [1.54, 1.807) is 53.6 Å². The maximum atomic E-state index is 14.1. The number of ether oxygens (including phenoxy) is 1. The molecule has 11 nitrogen and oxygen atoms in total. The third-order valence-corrected chi connectivity index (χ3v) is 9.42. The molecule has 3 heterocycles. The molecule has 0 aliphatic carbocycles. The number of anilines is 2. The second-order valence-electron chi connectivity index (χ2n) is 12.4. The Morgan fingerprint density at radius 3 is 2.20 bits per heavy atom. The molecule has 3 aromatic rings. The topological polar surface area (TPSA) is 106 Å². The molecule has 2 aromatic carbocycles. The zero-order valence-corrected chi connectivity index (χ0v) is 29.4. The van der Waals surface area contributed by atoms with Crippen LogP contribution in [0.5, 0.6) is 0 Å². The van der Waals surface area contributed by atoms with Gasteiger partial charge in [0.25, 0.3) is 0 Å². The van der Waals surface area contributed by atoms with E-state index >= 15 is 0 Å². The molecule has 0 saturated carbocycles. The Hall–Kier alpha value is -3.85. The average molecular weight is 738 g/mol. The maximum Gasteiger partial charge on any atom is 0.416 e. The molecule has 0 radical (unpaired) electrons. The van der Waals surface area contributed by atoms with Crippen molar-refractivity contribution in [2.45, 2.75) is 38.1 Å². The van der Waals surface area contributed by atoms with E-state index in [0.717, 1.165) is 6.07 Å². The van der Waals surface area contributed by atoms with Gasteiger partial charge in [-0.15, -0.1) is 0 Å². The molecule has 2 atom stereocenters. The lowest BCUT2D eigenvalue weighted by molar-refractivity contribution is -0.137. The number of hydrogen-bond donors (Lipinski definition) is 2. The molecule has 16 heteroatoms. The Labute approximate surface area is 299 Å². The minimum atomic E-state index is -4.48. The van der Waals surface area contributed by atoms with Crippen molar-refractivity contribution in [1.29, 1.82) is 0 Å². The fourth-order valence-corrected chi connectivity index (χ4v) is 6.59. The zero-order chi connectivity index (χ0) is 35.8. The van der Waals surface area contributed by atoms with Gasteiger partial charge in [0, 0.05) is 107 Å². The number of halogens is 5. The van der Waals surface area contributed by atoms with Crippen LogP contribution < -0.4 is 20.4 Å². The summed E-state index contributed by atoms with van der Waals surface area (Å²) in [4.78, 5) is 43.5. The number of alkyl halides is 3. The molecule has 0 spiro atoms. The summed E-state index contributed by atoms with van der Waals surface area (Å²) in [5.41, 5.74) is 1.11. The van der Waals surface area contributed by atoms with Crippen molar-refractivity contribution in [2.75, 3.05) is 75.9 Å². The lowest BCUT2D eigenvalue weighted by Gasteiger charge is -2.39. The summed E-state index contributed by atoms with van der Waals surface area (Å²) >= 11 is 12.6. The number of aromatic nitrogens is 2. The Balaban J connectivity index is 1.27. The molecule has 1 aromatic heterocycles. The Kier molecular flexibility index (Phi) is 12.6. The van der Waals surface area contributed by atoms with Gasteiger partial charge in [0.1, 0.15) is 6.04 Å². The number of amides is 3. The summed E-state index contributed by atoms with van der Waals surface area (Å²) in [7, 11) is 1.57. The molecule has 2 N–H and O–H groups in total. The van der Waals surface area contributed by atoms with E-state index in [4.69, 9.17) is 27.9 Å². The van der Waals surface area contributed by atoms with Gasteiger partial charge >= 0.3 is 12.2 Å². The number of piperazine rings is 2. The highest BCUT2D eigenvalue weighted by molar-refractivity contribution is 6.35. The van der Waals surface area contributed by atoms with Crippen LogP contribution in [-0.2, 0) is 28.7 Å². The van der Waals surface area contributed by atoms with Crippen LogP contribution in [0.4, 0.5) is 29.6 Å². The van der Waals surface area contributed by atoms with Crippen LogP contribution in [0.2, 0.25) is 10.0 Å². The van der Waals surface area contributed by atoms with Gasteiger partial charge in [-0.2, -0.15) is 13.2 Å². The van der Waals surface area contributed by atoms with Gasteiger partial charge < -0.3 is 35.0 Å². The predicted octanol–water partition coefficient (Wildman–Crippen LogP) is 4.72. The van der Waals surface area contributed by atoms with Crippen molar-refractivity contribution in [1.82, 2.24) is 30.4 Å². The molecule has 2 fully saturated rings. The van der Waals surface area contributed by atoms with Crippen LogP contribution in [0, 0.1) is 0 Å². The number of benzene rings is 2. The second kappa shape index (κ2) is 16.9. The number of nitrogens with one attached hydrogen (secondary N) is 2. The first-order valence-corrected chi connectivity index (χ1v) is 17.2. The van der Waals surface area contributed by atoms with Crippen LogP contribution in [0.3, 0.4) is 0 Å². The number of methoxy groups -OCH3 is 1. The minimum absolute atomic E-state index is 0.0695. The molecule has 2 saturated heterocycles. The summed E-state index contributed by atoms with van der Waals surface area (Å²) in [6.07, 6.45) is -0.992. The van der Waals surface area contributed by atoms with Crippen molar-refractivity contribution < 1.29 is 27.5 Å². The fraction of sp³-hybridized carbons (Fsp3) is 0.471. The lowest BCUT2D eigenvalue weighted by atomic mass is 10.0. The standard InChI is InChI=1S/C34H41Cl2F3N8O3/c1-23(22-50-2)42-21-25-18-26(34(37,38)39)5-7-30(25)44-10-12-45(13-11-44)31(48)29(19-24-4-6-27(35)20-28(24)36)43-33(49)47-16-14-46(15-17-47)32-40-8-3-9-41-32/h3-9,18,20,23,29,42H,10-17,19,21-22H2,1-2H3,(H,43,49)/t23?,29-/m1/s1. The number of carbonyl (C=O) groups excluding carboxylic acids is 2. The normalized spacial score (nSPS) is 16.7. The molecule has 5 rings (SSSR count). The molecule has 2 aliphatic heterocycles. The first kappa shape index (κ1) is 37.4. The van der Waals surface area contributed by atoms with Crippen LogP contribution >= 0.6 is 23.2 Å². The molecule has 270 valence electrons. The van der Waals surface area contributed by atoms with E-state index < -0.39 is 17.8 Å². The Bertz CT molecular complexity index is 1600. The number of nitrogens with zero attached hydrogens (tertiary/aromatic N) is 6. The van der Waals surface area contributed by atoms with Crippen molar-refractivity contribution >= 4 is 46.8 Å². The van der Waals surface area contributed by atoms with Gasteiger partial charge in [-0.1, -0.05) is 29.3 Å². The van der Waals surface area contributed by atoms with Crippen molar-refractivity contribution in [3.8, 4) is 0 Å². The fourth-order valence-electron chi connectivity index (χ4n) is 6.10. The van der Waals surface area contributed by atoms with Crippen LogP contribution in [0.1, 0.15) is 23.6 Å². The first-order valence-electron chi connectivity index (χ1n) is 16.4. The van der Waals surface area contributed by atoms with E-state index in [1.807, 2.05) is 16.7 Å². The Morgan fingerprint density at radius 2 is 1.56 bits per heavy atom. The van der Waals surface area contributed by atoms with Gasteiger partial charge in [-0.25, -0.2) is 14.8 Å². The minimum Gasteiger partial charge on any atom is -0.383 e. The van der Waals surface area contributed by atoms with Crippen molar-refractivity contribution in [3.63, 3.8) is 0 Å². The third kappa shape index (κ3) is 9.68. The van der Waals surface area contributed by atoms with E-state index in [1.165, 1.54) is 12.1 Å². The van der Waals surface area contributed by atoms with Gasteiger partial charge in [-0.3, -0.25) is 4.79 Å². The molecule has 2 aliphatic rings. The van der Waals surface area contributed by atoms with Crippen molar-refractivity contribution in [3.05, 3.63) is 81.6 Å². The first-order chi connectivity index (χ1) is 23.9. The number of urea groups is 1. The average Bonchev–Trinajstić information content (AvgIpc) is 3.11. The van der Waals surface area contributed by atoms with Crippen LogP contribution in [-0.4, -0.2) is 110 Å². The monoisotopic (exact) mass is 736 g/mol. The summed E-state index contributed by atoms with van der Waals surface area (Å²) in [5, 5.41) is 7.02. The number of carbonyl (C=O) groups is 2. The summed E-state index contributed by atoms with van der Waals surface area (Å²) in [5.74, 6) is 0.320. The van der Waals surface area contributed by atoms with Crippen LogP contribution in [0.15, 0.2) is 54.9 Å². The van der Waals surface area contributed by atoms with E-state index in [0.29, 0.717) is 91.8 Å². The summed E-state index contributed by atoms with van der Waals surface area (Å²) < 4.78 is 46.0. The highest BCUT2D eigenvalue weighted by Crippen LogP contribution is 2.33. The Morgan fingerprint density at radius 1 is 0.900 bits per heavy atom. The second-order valence-corrected chi connectivity index (χ2v) is 13.2.